The molecule has 1 aliphatic rings. The van der Waals surface area contributed by atoms with Gasteiger partial charge in [-0.25, -0.2) is 4.98 Å². The lowest BCUT2D eigenvalue weighted by molar-refractivity contribution is -0.118. The molecule has 0 saturated carbocycles. The van der Waals surface area contributed by atoms with E-state index in [-0.39, 0.29) is 12.3 Å². The van der Waals surface area contributed by atoms with Crippen LogP contribution in [0, 0.1) is 0 Å². The van der Waals surface area contributed by atoms with Crippen LogP contribution in [0.2, 0.25) is 20.1 Å². The first-order chi connectivity index (χ1) is 15.4. The third-order valence-corrected chi connectivity index (χ3v) is 6.33. The quantitative estimate of drug-likeness (QED) is 0.298. The number of hydrazone groups is 1. The normalized spacial score (nSPS) is 14.2. The second-order valence-corrected chi connectivity index (χ2v) is 8.84. The number of fused-ring (bicyclic) bond motifs is 1. The van der Waals surface area contributed by atoms with Crippen LogP contribution in [0.15, 0.2) is 65.9 Å². The third kappa shape index (κ3) is 3.65. The Labute approximate surface area is 203 Å². The fourth-order valence-electron chi connectivity index (χ4n) is 3.73. The summed E-state index contributed by atoms with van der Waals surface area (Å²) in [5, 5.41) is 7.65. The largest absolute Gasteiger partial charge is 0.298 e. The first-order valence-electron chi connectivity index (χ1n) is 9.71. The molecular weight excluding hydrogens is 490 g/mol. The SMILES string of the molecule is O=C1CCC(c2c(-c3ccc(Cl)cc3Cl)nc3ccccn23)=NN1c1c(Cl)cccc1Cl. The summed E-state index contributed by atoms with van der Waals surface area (Å²) < 4.78 is 1.93. The first-order valence-corrected chi connectivity index (χ1v) is 11.2. The van der Waals surface area contributed by atoms with Gasteiger partial charge in [-0.15, -0.1) is 0 Å². The van der Waals surface area contributed by atoms with E-state index in [9.17, 15) is 4.79 Å². The lowest BCUT2D eigenvalue weighted by atomic mass is 10.0. The molecule has 160 valence electrons. The van der Waals surface area contributed by atoms with Crippen molar-refractivity contribution in [1.82, 2.24) is 9.38 Å². The summed E-state index contributed by atoms with van der Waals surface area (Å²) in [7, 11) is 0. The monoisotopic (exact) mass is 502 g/mol. The van der Waals surface area contributed by atoms with Crippen molar-refractivity contribution >= 4 is 69.4 Å². The van der Waals surface area contributed by atoms with Gasteiger partial charge in [0, 0.05) is 29.6 Å². The van der Waals surface area contributed by atoms with Gasteiger partial charge >= 0.3 is 0 Å². The topological polar surface area (TPSA) is 50.0 Å². The molecule has 3 heterocycles. The molecule has 9 heteroatoms. The van der Waals surface area contributed by atoms with Gasteiger partial charge in [-0.2, -0.15) is 10.1 Å². The zero-order chi connectivity index (χ0) is 22.4. The molecule has 5 rings (SSSR count). The molecule has 0 fully saturated rings. The van der Waals surface area contributed by atoms with Crippen molar-refractivity contribution in [1.29, 1.82) is 0 Å². The highest BCUT2D eigenvalue weighted by Crippen LogP contribution is 2.38. The molecule has 0 N–H and O–H groups in total. The maximum atomic E-state index is 12.8. The standard InChI is InChI=1S/C23H14Cl4N4O/c24-13-7-8-14(17(27)12-13)21-23(30-11-2-1-6-19(30)28-21)18-9-10-20(32)31(29-18)22-15(25)4-3-5-16(22)26/h1-8,11-12H,9-10H2. The Morgan fingerprint density at radius 1 is 0.844 bits per heavy atom. The second kappa shape index (κ2) is 8.41. The maximum absolute atomic E-state index is 12.8. The van der Waals surface area contributed by atoms with Crippen molar-refractivity contribution in [2.75, 3.05) is 5.01 Å². The highest BCUT2D eigenvalue weighted by molar-refractivity contribution is 6.40. The van der Waals surface area contributed by atoms with E-state index in [2.05, 4.69) is 5.10 Å². The van der Waals surface area contributed by atoms with Crippen LogP contribution in [0.3, 0.4) is 0 Å². The fourth-order valence-corrected chi connectivity index (χ4v) is 4.79. The Morgan fingerprint density at radius 3 is 2.38 bits per heavy atom. The van der Waals surface area contributed by atoms with Crippen LogP contribution in [0.4, 0.5) is 5.69 Å². The summed E-state index contributed by atoms with van der Waals surface area (Å²) in [6.45, 7) is 0. The van der Waals surface area contributed by atoms with E-state index in [0.717, 1.165) is 16.9 Å². The van der Waals surface area contributed by atoms with E-state index in [1.165, 1.54) is 5.01 Å². The molecule has 5 nitrogen and oxygen atoms in total. The summed E-state index contributed by atoms with van der Waals surface area (Å²) in [5.41, 5.74) is 3.86. The lowest BCUT2D eigenvalue weighted by Crippen LogP contribution is -2.32. The summed E-state index contributed by atoms with van der Waals surface area (Å²) in [6, 6.07) is 16.0. The van der Waals surface area contributed by atoms with Crippen molar-refractivity contribution in [3.8, 4) is 11.3 Å². The fraction of sp³-hybridized carbons (Fsp3) is 0.0870. The Balaban J connectivity index is 1.74. The van der Waals surface area contributed by atoms with Gasteiger partial charge < -0.3 is 0 Å². The Bertz CT molecular complexity index is 1390. The van der Waals surface area contributed by atoms with Crippen molar-refractivity contribution in [3.63, 3.8) is 0 Å². The van der Waals surface area contributed by atoms with Crippen LogP contribution in [0.25, 0.3) is 16.9 Å². The first kappa shape index (κ1) is 21.3. The molecule has 2 aromatic heterocycles. The summed E-state index contributed by atoms with van der Waals surface area (Å²) in [5.74, 6) is -0.191. The van der Waals surface area contributed by atoms with E-state index in [4.69, 9.17) is 51.4 Å². The van der Waals surface area contributed by atoms with Gasteiger partial charge in [-0.3, -0.25) is 9.20 Å². The van der Waals surface area contributed by atoms with E-state index in [1.807, 2.05) is 34.9 Å². The molecule has 2 aromatic carbocycles. The Hall–Kier alpha value is -2.57. The molecule has 0 saturated heterocycles. The summed E-state index contributed by atoms with van der Waals surface area (Å²) in [6.07, 6.45) is 2.57. The van der Waals surface area contributed by atoms with Gasteiger partial charge in [-0.05, 0) is 42.5 Å². The second-order valence-electron chi connectivity index (χ2n) is 7.18. The molecule has 0 spiro atoms. The Morgan fingerprint density at radius 2 is 1.62 bits per heavy atom. The number of carbonyl (C=O) groups is 1. The van der Waals surface area contributed by atoms with Gasteiger partial charge in [0.25, 0.3) is 0 Å². The number of rotatable bonds is 3. The molecule has 32 heavy (non-hydrogen) atoms. The number of anilines is 1. The number of imidazole rings is 1. The lowest BCUT2D eigenvalue weighted by Gasteiger charge is -2.25. The van der Waals surface area contributed by atoms with Crippen molar-refractivity contribution in [2.24, 2.45) is 5.10 Å². The minimum atomic E-state index is -0.191. The number of amides is 1. The number of halogens is 4. The van der Waals surface area contributed by atoms with Crippen LogP contribution < -0.4 is 5.01 Å². The minimum Gasteiger partial charge on any atom is -0.298 e. The van der Waals surface area contributed by atoms with Crippen molar-refractivity contribution in [3.05, 3.63) is 86.6 Å². The predicted molar refractivity (Wildman–Crippen MR) is 130 cm³/mol. The Kier molecular flexibility index (Phi) is 5.59. The van der Waals surface area contributed by atoms with Gasteiger partial charge in [0.2, 0.25) is 5.91 Å². The molecular formula is C23H14Cl4N4O. The molecule has 1 amide bonds. The van der Waals surface area contributed by atoms with Gasteiger partial charge in [-0.1, -0.05) is 58.5 Å². The maximum Gasteiger partial charge on any atom is 0.247 e. The zero-order valence-electron chi connectivity index (χ0n) is 16.4. The smallest absolute Gasteiger partial charge is 0.247 e. The average Bonchev–Trinajstić information content (AvgIpc) is 3.14. The highest BCUT2D eigenvalue weighted by Gasteiger charge is 2.29. The van der Waals surface area contributed by atoms with Gasteiger partial charge in [0.1, 0.15) is 17.0 Å². The number of pyridine rings is 1. The molecule has 0 bridgehead atoms. The number of aromatic nitrogens is 2. The van der Waals surface area contributed by atoms with E-state index in [1.54, 1.807) is 30.3 Å². The molecule has 4 aromatic rings. The number of carbonyl (C=O) groups excluding carboxylic acids is 1. The molecule has 1 aliphatic heterocycles. The van der Waals surface area contributed by atoms with Crippen molar-refractivity contribution in [2.45, 2.75) is 12.8 Å². The van der Waals surface area contributed by atoms with Crippen LogP contribution in [-0.4, -0.2) is 21.0 Å². The number of benzene rings is 2. The van der Waals surface area contributed by atoms with Crippen LogP contribution >= 0.6 is 46.4 Å². The number of hydrogen-bond donors (Lipinski definition) is 0. The molecule has 0 aliphatic carbocycles. The van der Waals surface area contributed by atoms with Crippen molar-refractivity contribution < 1.29 is 4.79 Å². The summed E-state index contributed by atoms with van der Waals surface area (Å²) in [4.78, 5) is 17.6. The van der Waals surface area contributed by atoms with Crippen LogP contribution in [-0.2, 0) is 4.79 Å². The van der Waals surface area contributed by atoms with E-state index in [0.29, 0.717) is 43.6 Å². The number of nitrogens with zero attached hydrogens (tertiary/aromatic N) is 4. The zero-order valence-corrected chi connectivity index (χ0v) is 19.4. The number of para-hydroxylation sites is 1. The minimum absolute atomic E-state index is 0.191. The van der Waals surface area contributed by atoms with Crippen LogP contribution in [0.1, 0.15) is 18.5 Å². The molecule has 0 unspecified atom stereocenters. The average molecular weight is 504 g/mol. The summed E-state index contributed by atoms with van der Waals surface area (Å²) >= 11 is 25.3. The van der Waals surface area contributed by atoms with Gasteiger partial charge in [0.05, 0.1) is 26.5 Å². The third-order valence-electron chi connectivity index (χ3n) is 5.17. The molecule has 0 atom stereocenters. The van der Waals surface area contributed by atoms with Gasteiger partial charge in [0.15, 0.2) is 0 Å². The van der Waals surface area contributed by atoms with E-state index >= 15 is 0 Å². The number of hydrogen-bond acceptors (Lipinski definition) is 3. The highest BCUT2D eigenvalue weighted by atomic mass is 35.5. The van der Waals surface area contributed by atoms with Crippen LogP contribution in [0.5, 0.6) is 0 Å². The van der Waals surface area contributed by atoms with E-state index < -0.39 is 0 Å². The predicted octanol–water partition coefficient (Wildman–Crippen LogP) is 7.15. The molecule has 0 radical (unpaired) electrons.